The van der Waals surface area contributed by atoms with Gasteiger partial charge in [0.25, 0.3) is 5.91 Å². The fourth-order valence-corrected chi connectivity index (χ4v) is 3.14. The lowest BCUT2D eigenvalue weighted by Gasteiger charge is -2.20. The molecule has 0 aliphatic carbocycles. The first-order chi connectivity index (χ1) is 12.7. The molecule has 0 radical (unpaired) electrons. The number of methoxy groups -OCH3 is 1. The van der Waals surface area contributed by atoms with E-state index >= 15 is 0 Å². The molecule has 1 aromatic heterocycles. The molecule has 27 heavy (non-hydrogen) atoms. The highest BCUT2D eigenvalue weighted by atomic mass is 79.9. The second-order valence-corrected chi connectivity index (χ2v) is 8.10. The Morgan fingerprint density at radius 3 is 2.48 bits per heavy atom. The number of amides is 1. The smallest absolute Gasteiger partial charge is 0.349 e. The number of hydrogen-bond donors (Lipinski definition) is 1. The van der Waals surface area contributed by atoms with Crippen molar-refractivity contribution in [3.63, 3.8) is 0 Å². The van der Waals surface area contributed by atoms with Crippen LogP contribution in [-0.2, 0) is 5.41 Å². The van der Waals surface area contributed by atoms with Gasteiger partial charge < -0.3 is 14.5 Å². The van der Waals surface area contributed by atoms with Crippen LogP contribution >= 0.6 is 15.9 Å². The van der Waals surface area contributed by atoms with E-state index in [1.165, 1.54) is 6.07 Å². The molecule has 0 atom stereocenters. The summed E-state index contributed by atoms with van der Waals surface area (Å²) in [6, 6.07) is 12.3. The van der Waals surface area contributed by atoms with Crippen molar-refractivity contribution in [2.24, 2.45) is 0 Å². The molecule has 1 heterocycles. The highest BCUT2D eigenvalue weighted by molar-refractivity contribution is 9.10. The van der Waals surface area contributed by atoms with Crippen molar-refractivity contribution < 1.29 is 13.9 Å². The van der Waals surface area contributed by atoms with E-state index in [9.17, 15) is 9.59 Å². The van der Waals surface area contributed by atoms with Gasteiger partial charge in [-0.05, 0) is 63.3 Å². The molecule has 0 aliphatic heterocycles. The summed E-state index contributed by atoms with van der Waals surface area (Å²) in [7, 11) is 1.55. The van der Waals surface area contributed by atoms with Crippen LogP contribution in [0.4, 0.5) is 5.69 Å². The Kier molecular flexibility index (Phi) is 5.11. The van der Waals surface area contributed by atoms with E-state index in [2.05, 4.69) is 42.0 Å². The highest BCUT2D eigenvalue weighted by Crippen LogP contribution is 2.30. The Hall–Kier alpha value is -2.60. The maximum atomic E-state index is 12.6. The van der Waals surface area contributed by atoms with Gasteiger partial charge in [0.05, 0.1) is 12.8 Å². The molecular weight excluding hydrogens is 410 g/mol. The molecule has 6 heteroatoms. The molecule has 0 fully saturated rings. The number of nitrogens with one attached hydrogen (secondary N) is 1. The Bertz CT molecular complexity index is 1080. The molecule has 3 aromatic rings. The van der Waals surface area contributed by atoms with Gasteiger partial charge in [0, 0.05) is 9.86 Å². The van der Waals surface area contributed by atoms with Crippen LogP contribution in [0.1, 0.15) is 36.7 Å². The van der Waals surface area contributed by atoms with Crippen molar-refractivity contribution in [1.29, 1.82) is 0 Å². The summed E-state index contributed by atoms with van der Waals surface area (Å²) in [4.78, 5) is 24.9. The average Bonchev–Trinajstić information content (AvgIpc) is 2.61. The van der Waals surface area contributed by atoms with Gasteiger partial charge >= 0.3 is 5.63 Å². The zero-order valence-electron chi connectivity index (χ0n) is 15.6. The molecule has 5 nitrogen and oxygen atoms in total. The molecule has 1 N–H and O–H groups in total. The Morgan fingerprint density at radius 2 is 1.85 bits per heavy atom. The topological polar surface area (TPSA) is 68.5 Å². The van der Waals surface area contributed by atoms with Crippen LogP contribution in [0.3, 0.4) is 0 Å². The second-order valence-electron chi connectivity index (χ2n) is 7.25. The molecule has 0 saturated carbocycles. The minimum atomic E-state index is -0.687. The first-order valence-corrected chi connectivity index (χ1v) is 9.21. The lowest BCUT2D eigenvalue weighted by atomic mass is 9.87. The Balaban J connectivity index is 1.94. The van der Waals surface area contributed by atoms with Gasteiger partial charge in [-0.25, -0.2) is 4.79 Å². The van der Waals surface area contributed by atoms with Gasteiger partial charge in [-0.1, -0.05) is 26.8 Å². The largest absolute Gasteiger partial charge is 0.497 e. The Morgan fingerprint density at radius 1 is 1.11 bits per heavy atom. The molecule has 0 unspecified atom stereocenters. The number of anilines is 1. The lowest BCUT2D eigenvalue weighted by Crippen LogP contribution is -2.21. The van der Waals surface area contributed by atoms with Crippen molar-refractivity contribution in [3.8, 4) is 5.75 Å². The van der Waals surface area contributed by atoms with E-state index in [-0.39, 0.29) is 11.0 Å². The Labute approximate surface area is 165 Å². The number of ether oxygens (including phenoxy) is 1. The van der Waals surface area contributed by atoms with Gasteiger partial charge in [-0.15, -0.1) is 0 Å². The third-order valence-corrected chi connectivity index (χ3v) is 4.92. The van der Waals surface area contributed by atoms with Crippen LogP contribution in [0.25, 0.3) is 11.0 Å². The lowest BCUT2D eigenvalue weighted by molar-refractivity contribution is 0.102. The zero-order valence-corrected chi connectivity index (χ0v) is 17.1. The molecule has 2 aromatic carbocycles. The fourth-order valence-electron chi connectivity index (χ4n) is 2.66. The maximum Gasteiger partial charge on any atom is 0.349 e. The second kappa shape index (κ2) is 7.19. The summed E-state index contributed by atoms with van der Waals surface area (Å²) < 4.78 is 11.2. The van der Waals surface area contributed by atoms with Crippen LogP contribution in [0.2, 0.25) is 0 Å². The summed E-state index contributed by atoms with van der Waals surface area (Å²) in [5.74, 6) is 0.0842. The van der Waals surface area contributed by atoms with Crippen molar-refractivity contribution >= 4 is 38.5 Å². The number of carbonyl (C=O) groups is 1. The van der Waals surface area contributed by atoms with E-state index in [0.717, 1.165) is 10.0 Å². The molecule has 1 amide bonds. The van der Waals surface area contributed by atoms with E-state index in [4.69, 9.17) is 9.15 Å². The van der Waals surface area contributed by atoms with E-state index < -0.39 is 11.5 Å². The minimum absolute atomic E-state index is 0.0104. The summed E-state index contributed by atoms with van der Waals surface area (Å²) in [6.07, 6.45) is 0. The van der Waals surface area contributed by atoms with Crippen LogP contribution in [0.15, 0.2) is 56.1 Å². The molecule has 0 saturated heterocycles. The molecule has 0 bridgehead atoms. The van der Waals surface area contributed by atoms with E-state index in [1.807, 2.05) is 18.2 Å². The fraction of sp³-hybridized carbons (Fsp3) is 0.238. The van der Waals surface area contributed by atoms with Crippen LogP contribution in [-0.4, -0.2) is 13.0 Å². The third-order valence-electron chi connectivity index (χ3n) is 4.27. The maximum absolute atomic E-state index is 12.6. The standard InChI is InChI=1S/C21H20BrNO4/c1-21(2,3)13-5-7-17(16(22)11-13)23-19(24)15-10-12-9-14(26-4)6-8-18(12)27-20(15)25/h5-11H,1-4H3,(H,23,24). The van der Waals surface area contributed by atoms with Gasteiger partial charge in [-0.3, -0.25) is 4.79 Å². The highest BCUT2D eigenvalue weighted by Gasteiger charge is 2.18. The quantitative estimate of drug-likeness (QED) is 0.586. The van der Waals surface area contributed by atoms with Gasteiger partial charge in [-0.2, -0.15) is 0 Å². The van der Waals surface area contributed by atoms with E-state index in [0.29, 0.717) is 22.4 Å². The normalized spacial score (nSPS) is 11.4. The van der Waals surface area contributed by atoms with Crippen LogP contribution in [0, 0.1) is 0 Å². The van der Waals surface area contributed by atoms with Gasteiger partial charge in [0.15, 0.2) is 0 Å². The molecule has 140 valence electrons. The van der Waals surface area contributed by atoms with Crippen molar-refractivity contribution in [3.05, 3.63) is 68.5 Å². The molecular formula is C21H20BrNO4. The van der Waals surface area contributed by atoms with Crippen molar-refractivity contribution in [1.82, 2.24) is 0 Å². The summed E-state index contributed by atoms with van der Waals surface area (Å²) in [5, 5.41) is 3.37. The average molecular weight is 430 g/mol. The van der Waals surface area contributed by atoms with Crippen LogP contribution in [0.5, 0.6) is 5.75 Å². The van der Waals surface area contributed by atoms with Crippen LogP contribution < -0.4 is 15.7 Å². The number of carbonyl (C=O) groups excluding carboxylic acids is 1. The third kappa shape index (κ3) is 4.06. The predicted octanol–water partition coefficient (Wildman–Crippen LogP) is 5.11. The monoisotopic (exact) mass is 429 g/mol. The summed E-state index contributed by atoms with van der Waals surface area (Å²) >= 11 is 3.49. The first-order valence-electron chi connectivity index (χ1n) is 8.42. The number of halogens is 1. The zero-order chi connectivity index (χ0) is 19.8. The number of hydrogen-bond acceptors (Lipinski definition) is 4. The van der Waals surface area contributed by atoms with Crippen molar-refractivity contribution in [2.75, 3.05) is 12.4 Å². The van der Waals surface area contributed by atoms with Gasteiger partial charge in [0.1, 0.15) is 16.9 Å². The number of fused-ring (bicyclic) bond motifs is 1. The number of rotatable bonds is 3. The molecule has 0 spiro atoms. The summed E-state index contributed by atoms with van der Waals surface area (Å²) in [5.41, 5.74) is 1.34. The molecule has 3 rings (SSSR count). The first kappa shape index (κ1) is 19.2. The predicted molar refractivity (Wildman–Crippen MR) is 110 cm³/mol. The minimum Gasteiger partial charge on any atom is -0.497 e. The van der Waals surface area contributed by atoms with E-state index in [1.54, 1.807) is 25.3 Å². The SMILES string of the molecule is COc1ccc2oc(=O)c(C(=O)Nc3ccc(C(C)(C)C)cc3Br)cc2c1. The summed E-state index contributed by atoms with van der Waals surface area (Å²) in [6.45, 7) is 6.34. The molecule has 0 aliphatic rings. The van der Waals surface area contributed by atoms with Gasteiger partial charge in [0.2, 0.25) is 0 Å². The number of benzene rings is 2. The van der Waals surface area contributed by atoms with Crippen molar-refractivity contribution in [2.45, 2.75) is 26.2 Å².